The number of hydrogen-bond donors (Lipinski definition) is 1. The van der Waals surface area contributed by atoms with Gasteiger partial charge in [-0.25, -0.2) is 4.98 Å². The molecule has 4 rings (SSSR count). The van der Waals surface area contributed by atoms with Gasteiger partial charge in [0.15, 0.2) is 0 Å². The van der Waals surface area contributed by atoms with Gasteiger partial charge in [0, 0.05) is 12.5 Å². The number of aromatic nitrogens is 3. The summed E-state index contributed by atoms with van der Waals surface area (Å²) in [5, 5.41) is 6.83. The summed E-state index contributed by atoms with van der Waals surface area (Å²) >= 11 is 0. The van der Waals surface area contributed by atoms with E-state index in [1.807, 2.05) is 11.0 Å². The Bertz CT molecular complexity index is 630. The molecule has 0 radical (unpaired) electrons. The maximum Gasteiger partial charge on any atom is 0.258 e. The van der Waals surface area contributed by atoms with Crippen LogP contribution in [0, 0.1) is 0 Å². The molecule has 1 aliphatic carbocycles. The predicted octanol–water partition coefficient (Wildman–Crippen LogP) is 2.64. The lowest BCUT2D eigenvalue weighted by atomic mass is 10.00. The van der Waals surface area contributed by atoms with Gasteiger partial charge in [0.1, 0.15) is 17.9 Å². The molecule has 1 saturated carbocycles. The van der Waals surface area contributed by atoms with Crippen molar-refractivity contribution in [3.8, 4) is 0 Å². The number of nitrogens with one attached hydrogen (secondary N) is 1. The number of amides is 1. The van der Waals surface area contributed by atoms with E-state index < -0.39 is 0 Å². The zero-order valence-electron chi connectivity index (χ0n) is 11.8. The van der Waals surface area contributed by atoms with Gasteiger partial charge in [-0.05, 0) is 38.2 Å². The van der Waals surface area contributed by atoms with Crippen LogP contribution < -0.4 is 0 Å². The minimum atomic E-state index is -0.00398. The number of nitrogens with zero attached hydrogens (tertiary/aromatic N) is 3. The van der Waals surface area contributed by atoms with Crippen molar-refractivity contribution in [2.45, 2.75) is 44.1 Å². The SMILES string of the molecule is O=C(c1ccoc1C1CC1)N1CCCC[C@H]1c1ncn[nH]1. The molecule has 1 aliphatic heterocycles. The summed E-state index contributed by atoms with van der Waals surface area (Å²) in [7, 11) is 0. The first-order valence-corrected chi connectivity index (χ1v) is 7.58. The van der Waals surface area contributed by atoms with E-state index in [9.17, 15) is 4.79 Å². The summed E-state index contributed by atoms with van der Waals surface area (Å²) < 4.78 is 5.54. The molecule has 2 aromatic rings. The monoisotopic (exact) mass is 286 g/mol. The van der Waals surface area contributed by atoms with Gasteiger partial charge in [-0.2, -0.15) is 5.10 Å². The number of rotatable bonds is 3. The highest BCUT2D eigenvalue weighted by atomic mass is 16.3. The zero-order valence-corrected chi connectivity index (χ0v) is 11.8. The molecule has 0 spiro atoms. The van der Waals surface area contributed by atoms with Crippen LogP contribution in [0.25, 0.3) is 0 Å². The van der Waals surface area contributed by atoms with Gasteiger partial charge < -0.3 is 9.32 Å². The van der Waals surface area contributed by atoms with Crippen molar-refractivity contribution in [2.75, 3.05) is 6.54 Å². The van der Waals surface area contributed by atoms with Crippen molar-refractivity contribution >= 4 is 5.91 Å². The van der Waals surface area contributed by atoms with E-state index in [4.69, 9.17) is 4.42 Å². The summed E-state index contributed by atoms with van der Waals surface area (Å²) in [6, 6.07) is 1.80. The number of aromatic amines is 1. The molecule has 2 aromatic heterocycles. The standard InChI is InChI=1S/C15H18N4O2/c20-15(11-6-8-21-13(11)10-4-5-10)19-7-2-1-3-12(19)14-16-9-17-18-14/h6,8-10,12H,1-5,7H2,(H,16,17,18)/t12-/m0/s1. The highest BCUT2D eigenvalue weighted by molar-refractivity contribution is 5.95. The molecular formula is C15H18N4O2. The van der Waals surface area contributed by atoms with Crippen molar-refractivity contribution in [1.82, 2.24) is 20.1 Å². The summed E-state index contributed by atoms with van der Waals surface area (Å²) in [5.74, 6) is 2.14. The van der Waals surface area contributed by atoms with E-state index in [-0.39, 0.29) is 11.9 Å². The van der Waals surface area contributed by atoms with Gasteiger partial charge in [-0.15, -0.1) is 0 Å². The molecule has 0 aromatic carbocycles. The van der Waals surface area contributed by atoms with Crippen molar-refractivity contribution in [3.05, 3.63) is 35.8 Å². The van der Waals surface area contributed by atoms with Gasteiger partial charge in [0.2, 0.25) is 0 Å². The van der Waals surface area contributed by atoms with Gasteiger partial charge in [-0.3, -0.25) is 9.89 Å². The van der Waals surface area contributed by atoms with Crippen LogP contribution in [0.4, 0.5) is 0 Å². The molecule has 2 aliphatic rings. The smallest absolute Gasteiger partial charge is 0.258 e. The first-order chi connectivity index (χ1) is 10.3. The van der Waals surface area contributed by atoms with Crippen LogP contribution in [0.3, 0.4) is 0 Å². The summed E-state index contributed by atoms with van der Waals surface area (Å²) in [4.78, 5) is 19.1. The third-order valence-corrected chi connectivity index (χ3v) is 4.39. The maximum atomic E-state index is 12.9. The molecular weight excluding hydrogens is 268 g/mol. The van der Waals surface area contributed by atoms with Crippen LogP contribution in [-0.2, 0) is 0 Å². The predicted molar refractivity (Wildman–Crippen MR) is 74.7 cm³/mol. The minimum Gasteiger partial charge on any atom is -0.468 e. The van der Waals surface area contributed by atoms with Gasteiger partial charge >= 0.3 is 0 Å². The first-order valence-electron chi connectivity index (χ1n) is 7.58. The Morgan fingerprint density at radius 2 is 2.24 bits per heavy atom. The molecule has 1 saturated heterocycles. The van der Waals surface area contributed by atoms with Gasteiger partial charge in [0.25, 0.3) is 5.91 Å². The highest BCUT2D eigenvalue weighted by Crippen LogP contribution is 2.43. The van der Waals surface area contributed by atoms with Crippen LogP contribution in [-0.4, -0.2) is 32.5 Å². The third-order valence-electron chi connectivity index (χ3n) is 4.39. The molecule has 0 unspecified atom stereocenters. The number of hydrogen-bond acceptors (Lipinski definition) is 4. The lowest BCUT2D eigenvalue weighted by Gasteiger charge is -2.34. The average molecular weight is 286 g/mol. The Morgan fingerprint density at radius 3 is 3.00 bits per heavy atom. The Morgan fingerprint density at radius 1 is 1.33 bits per heavy atom. The topological polar surface area (TPSA) is 75.0 Å². The summed E-state index contributed by atoms with van der Waals surface area (Å²) in [5.41, 5.74) is 0.726. The fourth-order valence-corrected chi connectivity index (χ4v) is 3.15. The van der Waals surface area contributed by atoms with Crippen molar-refractivity contribution < 1.29 is 9.21 Å². The largest absolute Gasteiger partial charge is 0.468 e. The van der Waals surface area contributed by atoms with Crippen LogP contribution in [0.5, 0.6) is 0 Å². The number of carbonyl (C=O) groups excluding carboxylic acids is 1. The van der Waals surface area contributed by atoms with E-state index in [0.717, 1.165) is 55.8 Å². The van der Waals surface area contributed by atoms with Crippen LogP contribution in [0.2, 0.25) is 0 Å². The second-order valence-electron chi connectivity index (χ2n) is 5.85. The van der Waals surface area contributed by atoms with Crippen LogP contribution in [0.1, 0.15) is 66.0 Å². The molecule has 6 nitrogen and oxygen atoms in total. The van der Waals surface area contributed by atoms with Crippen molar-refractivity contribution in [1.29, 1.82) is 0 Å². The lowest BCUT2D eigenvalue weighted by molar-refractivity contribution is 0.0598. The number of furan rings is 1. The molecule has 0 bridgehead atoms. The molecule has 1 amide bonds. The molecule has 2 fully saturated rings. The van der Waals surface area contributed by atoms with Crippen LogP contribution in [0.15, 0.2) is 23.1 Å². The molecule has 110 valence electrons. The van der Waals surface area contributed by atoms with Crippen LogP contribution >= 0.6 is 0 Å². The quantitative estimate of drug-likeness (QED) is 0.941. The summed E-state index contributed by atoms with van der Waals surface area (Å²) in [6.45, 7) is 0.763. The lowest BCUT2D eigenvalue weighted by Crippen LogP contribution is -2.39. The van der Waals surface area contributed by atoms with E-state index in [0.29, 0.717) is 5.92 Å². The number of piperidine rings is 1. The Kier molecular flexibility index (Phi) is 3.02. The molecule has 6 heteroatoms. The first kappa shape index (κ1) is 12.6. The molecule has 1 N–H and O–H groups in total. The van der Waals surface area contributed by atoms with E-state index in [1.165, 1.54) is 6.33 Å². The fraction of sp³-hybridized carbons (Fsp3) is 0.533. The fourth-order valence-electron chi connectivity index (χ4n) is 3.15. The van der Waals surface area contributed by atoms with E-state index in [1.54, 1.807) is 6.26 Å². The minimum absolute atomic E-state index is 0.00398. The van der Waals surface area contributed by atoms with E-state index in [2.05, 4.69) is 15.2 Å². The molecule has 3 heterocycles. The second-order valence-corrected chi connectivity index (χ2v) is 5.85. The van der Waals surface area contributed by atoms with E-state index >= 15 is 0 Å². The maximum absolute atomic E-state index is 12.9. The second kappa shape index (κ2) is 5.02. The Labute approximate surface area is 122 Å². The zero-order chi connectivity index (χ0) is 14.2. The number of H-pyrrole nitrogens is 1. The average Bonchev–Trinajstić information content (AvgIpc) is 3.05. The Balaban J connectivity index is 1.63. The van der Waals surface area contributed by atoms with Crippen molar-refractivity contribution in [3.63, 3.8) is 0 Å². The third kappa shape index (κ3) is 2.24. The summed E-state index contributed by atoms with van der Waals surface area (Å²) in [6.07, 6.45) is 8.45. The van der Waals surface area contributed by atoms with Gasteiger partial charge in [-0.1, -0.05) is 0 Å². The molecule has 1 atom stereocenters. The highest BCUT2D eigenvalue weighted by Gasteiger charge is 2.36. The molecule has 21 heavy (non-hydrogen) atoms. The Hall–Kier alpha value is -2.11. The van der Waals surface area contributed by atoms with Gasteiger partial charge in [0.05, 0.1) is 17.9 Å². The number of likely N-dealkylation sites (tertiary alicyclic amines) is 1. The number of carbonyl (C=O) groups is 1. The van der Waals surface area contributed by atoms with Crippen molar-refractivity contribution in [2.24, 2.45) is 0 Å². The normalized spacial score (nSPS) is 22.5.